The fourth-order valence-electron chi connectivity index (χ4n) is 2.10. The highest BCUT2D eigenvalue weighted by Gasteiger charge is 2.15. The molecular weight excluding hydrogens is 262 g/mol. The second-order valence-electron chi connectivity index (χ2n) is 5.00. The van der Waals surface area contributed by atoms with Crippen molar-refractivity contribution in [3.63, 3.8) is 0 Å². The van der Waals surface area contributed by atoms with Crippen LogP contribution in [0.15, 0.2) is 48.7 Å². The van der Waals surface area contributed by atoms with Gasteiger partial charge in [0, 0.05) is 23.9 Å². The van der Waals surface area contributed by atoms with E-state index in [4.69, 9.17) is 4.74 Å². The highest BCUT2D eigenvalue weighted by molar-refractivity contribution is 5.99. The van der Waals surface area contributed by atoms with E-state index in [-0.39, 0.29) is 5.78 Å². The van der Waals surface area contributed by atoms with Gasteiger partial charge in [-0.2, -0.15) is 0 Å². The lowest BCUT2D eigenvalue weighted by molar-refractivity contribution is 0.0485. The minimum atomic E-state index is -0.429. The maximum Gasteiger partial charge on any atom is 0.191 e. The van der Waals surface area contributed by atoms with E-state index in [1.165, 1.54) is 5.56 Å². The number of ether oxygens (including phenoxy) is 1. The first kappa shape index (κ1) is 15.4. The van der Waals surface area contributed by atoms with Crippen LogP contribution in [-0.4, -0.2) is 23.5 Å². The van der Waals surface area contributed by atoms with Gasteiger partial charge >= 0.3 is 0 Å². The van der Waals surface area contributed by atoms with Crippen LogP contribution in [0.1, 0.15) is 35.5 Å². The molecule has 0 N–H and O–H groups in total. The molecule has 110 valence electrons. The topological polar surface area (TPSA) is 39.2 Å². The molecule has 0 aliphatic rings. The van der Waals surface area contributed by atoms with Crippen LogP contribution in [-0.2, 0) is 17.6 Å². The van der Waals surface area contributed by atoms with Crippen LogP contribution in [0.25, 0.3) is 0 Å². The summed E-state index contributed by atoms with van der Waals surface area (Å²) < 4.78 is 5.63. The number of carbonyl (C=O) groups excluding carboxylic acids is 1. The Morgan fingerprint density at radius 3 is 2.57 bits per heavy atom. The van der Waals surface area contributed by atoms with Crippen LogP contribution in [0.3, 0.4) is 0 Å². The van der Waals surface area contributed by atoms with Gasteiger partial charge in [-0.3, -0.25) is 9.78 Å². The third kappa shape index (κ3) is 4.50. The second kappa shape index (κ2) is 7.70. The number of pyridine rings is 1. The van der Waals surface area contributed by atoms with Crippen LogP contribution in [0.5, 0.6) is 0 Å². The number of benzene rings is 1. The number of nitrogens with zero attached hydrogens (tertiary/aromatic N) is 1. The van der Waals surface area contributed by atoms with Gasteiger partial charge in [0.05, 0.1) is 6.61 Å². The first-order valence-corrected chi connectivity index (χ1v) is 7.35. The maximum absolute atomic E-state index is 12.2. The molecule has 0 saturated carbocycles. The van der Waals surface area contributed by atoms with Gasteiger partial charge in [-0.1, -0.05) is 37.3 Å². The molecule has 0 fully saturated rings. The summed E-state index contributed by atoms with van der Waals surface area (Å²) in [7, 11) is 0. The third-order valence-corrected chi connectivity index (χ3v) is 3.47. The molecule has 2 rings (SSSR count). The lowest BCUT2D eigenvalue weighted by Gasteiger charge is -2.12. The van der Waals surface area contributed by atoms with E-state index in [1.807, 2.05) is 42.5 Å². The molecule has 3 nitrogen and oxygen atoms in total. The summed E-state index contributed by atoms with van der Waals surface area (Å²) >= 11 is 0. The van der Waals surface area contributed by atoms with Gasteiger partial charge in [0.1, 0.15) is 6.10 Å². The maximum atomic E-state index is 12.2. The number of hydrogen-bond donors (Lipinski definition) is 0. The summed E-state index contributed by atoms with van der Waals surface area (Å²) in [5.41, 5.74) is 2.91. The molecule has 3 heteroatoms. The second-order valence-corrected chi connectivity index (χ2v) is 5.00. The van der Waals surface area contributed by atoms with Crippen LogP contribution in [0.4, 0.5) is 0 Å². The Hall–Kier alpha value is -2.00. The predicted octanol–water partition coefficient (Wildman–Crippen LogP) is 3.47. The number of aromatic nitrogens is 1. The summed E-state index contributed by atoms with van der Waals surface area (Å²) in [6.45, 7) is 4.39. The van der Waals surface area contributed by atoms with Crippen molar-refractivity contribution < 1.29 is 9.53 Å². The van der Waals surface area contributed by atoms with Crippen molar-refractivity contribution in [3.05, 3.63) is 65.5 Å². The molecule has 0 aliphatic heterocycles. The zero-order chi connectivity index (χ0) is 15.1. The summed E-state index contributed by atoms with van der Waals surface area (Å²) in [5, 5.41) is 0. The average molecular weight is 283 g/mol. The molecule has 1 heterocycles. The molecule has 0 bridgehead atoms. The monoisotopic (exact) mass is 283 g/mol. The molecule has 1 unspecified atom stereocenters. The van der Waals surface area contributed by atoms with E-state index in [0.717, 1.165) is 12.1 Å². The lowest BCUT2D eigenvalue weighted by atomic mass is 10.0. The molecular formula is C18H21NO2. The molecule has 0 radical (unpaired) electrons. The van der Waals surface area contributed by atoms with E-state index >= 15 is 0 Å². The Labute approximate surface area is 126 Å². The van der Waals surface area contributed by atoms with Gasteiger partial charge in [-0.15, -0.1) is 0 Å². The molecule has 1 aromatic carbocycles. The average Bonchev–Trinajstić information content (AvgIpc) is 2.55. The molecule has 1 aromatic heterocycles. The first-order chi connectivity index (χ1) is 10.2. The number of rotatable bonds is 7. The van der Waals surface area contributed by atoms with E-state index in [1.54, 1.807) is 13.1 Å². The minimum Gasteiger partial charge on any atom is -0.370 e. The summed E-state index contributed by atoms with van der Waals surface area (Å²) in [5.74, 6) is 0.0265. The van der Waals surface area contributed by atoms with Gasteiger partial charge in [0.25, 0.3) is 0 Å². The summed E-state index contributed by atoms with van der Waals surface area (Å²) in [6.07, 6.45) is 3.03. The standard InChI is InChI=1S/C18H21NO2/c1-3-15-7-9-16(10-8-15)18(20)14(2)21-13-11-17-6-4-5-12-19-17/h4-10,12,14H,3,11,13H2,1-2H3. The normalized spacial score (nSPS) is 12.1. The van der Waals surface area contributed by atoms with Crippen LogP contribution in [0, 0.1) is 0 Å². The van der Waals surface area contributed by atoms with Crippen molar-refractivity contribution in [1.29, 1.82) is 0 Å². The molecule has 2 aromatic rings. The van der Waals surface area contributed by atoms with Crippen LogP contribution >= 0.6 is 0 Å². The lowest BCUT2D eigenvalue weighted by Crippen LogP contribution is -2.22. The van der Waals surface area contributed by atoms with Gasteiger partial charge < -0.3 is 4.74 Å². The third-order valence-electron chi connectivity index (χ3n) is 3.47. The van der Waals surface area contributed by atoms with Crippen molar-refractivity contribution in [2.24, 2.45) is 0 Å². The molecule has 21 heavy (non-hydrogen) atoms. The van der Waals surface area contributed by atoms with Gasteiger partial charge in [-0.05, 0) is 31.0 Å². The highest BCUT2D eigenvalue weighted by atomic mass is 16.5. The van der Waals surface area contributed by atoms with E-state index in [2.05, 4.69) is 11.9 Å². The zero-order valence-corrected chi connectivity index (χ0v) is 12.6. The van der Waals surface area contributed by atoms with E-state index in [0.29, 0.717) is 18.6 Å². The Kier molecular flexibility index (Phi) is 5.64. The SMILES string of the molecule is CCc1ccc(C(=O)C(C)OCCc2ccccn2)cc1. The molecule has 0 spiro atoms. The Morgan fingerprint density at radius 2 is 1.95 bits per heavy atom. The van der Waals surface area contributed by atoms with E-state index in [9.17, 15) is 4.79 Å². The first-order valence-electron chi connectivity index (χ1n) is 7.35. The smallest absolute Gasteiger partial charge is 0.191 e. The quantitative estimate of drug-likeness (QED) is 0.730. The zero-order valence-electron chi connectivity index (χ0n) is 12.6. The Morgan fingerprint density at radius 1 is 1.19 bits per heavy atom. The number of aryl methyl sites for hydroxylation is 1. The summed E-state index contributed by atoms with van der Waals surface area (Å²) in [6, 6.07) is 13.5. The predicted molar refractivity (Wildman–Crippen MR) is 83.5 cm³/mol. The number of Topliss-reactive ketones (excluding diaryl/α,β-unsaturated/α-hetero) is 1. The highest BCUT2D eigenvalue weighted by Crippen LogP contribution is 2.10. The van der Waals surface area contributed by atoms with Crippen molar-refractivity contribution in [1.82, 2.24) is 4.98 Å². The molecule has 0 amide bonds. The summed E-state index contributed by atoms with van der Waals surface area (Å²) in [4.78, 5) is 16.5. The Balaban J connectivity index is 1.84. The van der Waals surface area contributed by atoms with Gasteiger partial charge in [-0.25, -0.2) is 0 Å². The molecule has 0 aliphatic carbocycles. The van der Waals surface area contributed by atoms with Gasteiger partial charge in [0.2, 0.25) is 0 Å². The van der Waals surface area contributed by atoms with Crippen molar-refractivity contribution in [2.45, 2.75) is 32.8 Å². The van der Waals surface area contributed by atoms with Crippen LogP contribution in [0.2, 0.25) is 0 Å². The fraction of sp³-hybridized carbons (Fsp3) is 0.333. The van der Waals surface area contributed by atoms with E-state index < -0.39 is 6.10 Å². The number of ketones is 1. The minimum absolute atomic E-state index is 0.0265. The van der Waals surface area contributed by atoms with Crippen molar-refractivity contribution >= 4 is 5.78 Å². The molecule has 0 saturated heterocycles. The van der Waals surface area contributed by atoms with Crippen molar-refractivity contribution in [3.8, 4) is 0 Å². The van der Waals surface area contributed by atoms with Crippen molar-refractivity contribution in [2.75, 3.05) is 6.61 Å². The fourth-order valence-corrected chi connectivity index (χ4v) is 2.10. The largest absolute Gasteiger partial charge is 0.370 e. The van der Waals surface area contributed by atoms with Crippen LogP contribution < -0.4 is 0 Å². The number of carbonyl (C=O) groups is 1. The Bertz CT molecular complexity index is 564. The molecule has 1 atom stereocenters. The van der Waals surface area contributed by atoms with Gasteiger partial charge in [0.15, 0.2) is 5.78 Å². The number of hydrogen-bond acceptors (Lipinski definition) is 3.